The highest BCUT2D eigenvalue weighted by Gasteiger charge is 2.19. The molecule has 1 rings (SSSR count). The number of rotatable bonds is 4. The lowest BCUT2D eigenvalue weighted by molar-refractivity contribution is 0.471. The molecule has 0 aromatic heterocycles. The zero-order valence-corrected chi connectivity index (χ0v) is 10.4. The van der Waals surface area contributed by atoms with Gasteiger partial charge in [-0.05, 0) is 25.5 Å². The number of nitrogens with two attached hydrogens (primary N) is 1. The van der Waals surface area contributed by atoms with Crippen LogP contribution < -0.4 is 11.3 Å². The van der Waals surface area contributed by atoms with E-state index < -0.39 is 17.7 Å². The molecule has 0 radical (unpaired) electrons. The average Bonchev–Trinajstić information content (AvgIpc) is 2.13. The first-order valence-electron chi connectivity index (χ1n) is 4.70. The predicted molar refractivity (Wildman–Crippen MR) is 63.6 cm³/mol. The molecule has 0 saturated heterocycles. The van der Waals surface area contributed by atoms with E-state index in [0.29, 0.717) is 10.9 Å². The highest BCUT2D eigenvalue weighted by molar-refractivity contribution is 9.10. The Labute approximate surface area is 102 Å². The molecule has 1 aromatic rings. The smallest absolute Gasteiger partial charge is 0.132 e. The maximum atomic E-state index is 13.6. The van der Waals surface area contributed by atoms with Crippen molar-refractivity contribution >= 4 is 15.9 Å². The van der Waals surface area contributed by atoms with Gasteiger partial charge in [0.2, 0.25) is 0 Å². The van der Waals surface area contributed by atoms with Crippen LogP contribution in [0, 0.1) is 11.6 Å². The Hall–Kier alpha value is -0.780. The van der Waals surface area contributed by atoms with Crippen LogP contribution in [0.4, 0.5) is 8.78 Å². The van der Waals surface area contributed by atoms with Crippen molar-refractivity contribution in [1.82, 2.24) is 5.43 Å². The topological polar surface area (TPSA) is 38.0 Å². The third-order valence-electron chi connectivity index (χ3n) is 2.15. The van der Waals surface area contributed by atoms with Gasteiger partial charge in [-0.2, -0.15) is 0 Å². The normalized spacial score (nSPS) is 12.6. The zero-order valence-electron chi connectivity index (χ0n) is 8.86. The van der Waals surface area contributed by atoms with E-state index in [-0.39, 0.29) is 5.56 Å². The molecule has 1 unspecified atom stereocenters. The summed E-state index contributed by atoms with van der Waals surface area (Å²) in [4.78, 5) is 0. The highest BCUT2D eigenvalue weighted by atomic mass is 79.9. The third kappa shape index (κ3) is 3.10. The van der Waals surface area contributed by atoms with Crippen molar-refractivity contribution in [2.24, 2.45) is 5.84 Å². The fourth-order valence-corrected chi connectivity index (χ4v) is 1.88. The van der Waals surface area contributed by atoms with Gasteiger partial charge in [0, 0.05) is 10.0 Å². The van der Waals surface area contributed by atoms with Crippen LogP contribution in [0.15, 0.2) is 28.8 Å². The van der Waals surface area contributed by atoms with Crippen molar-refractivity contribution in [3.8, 4) is 0 Å². The molecule has 0 aliphatic heterocycles. The van der Waals surface area contributed by atoms with Gasteiger partial charge < -0.3 is 0 Å². The van der Waals surface area contributed by atoms with Gasteiger partial charge in [-0.1, -0.05) is 21.5 Å². The molecule has 0 bridgehead atoms. The number of nitrogens with one attached hydrogen (secondary N) is 1. The Balaban J connectivity index is 3.14. The Morgan fingerprint density at radius 2 is 2.00 bits per heavy atom. The fourth-order valence-electron chi connectivity index (χ4n) is 1.48. The second-order valence-electron chi connectivity index (χ2n) is 3.66. The second-order valence-corrected chi connectivity index (χ2v) is 4.58. The summed E-state index contributed by atoms with van der Waals surface area (Å²) in [6.07, 6.45) is 0.381. The van der Waals surface area contributed by atoms with E-state index in [2.05, 4.69) is 27.9 Å². The van der Waals surface area contributed by atoms with Crippen molar-refractivity contribution in [3.63, 3.8) is 0 Å². The van der Waals surface area contributed by atoms with E-state index in [1.165, 1.54) is 12.1 Å². The lowest BCUT2D eigenvalue weighted by atomic mass is 10.00. The number of halogens is 3. The molecule has 1 aromatic carbocycles. The first-order valence-corrected chi connectivity index (χ1v) is 5.50. The van der Waals surface area contributed by atoms with E-state index in [9.17, 15) is 8.78 Å². The van der Waals surface area contributed by atoms with E-state index in [1.54, 1.807) is 6.92 Å². The molecular formula is C11H13BrF2N2. The van der Waals surface area contributed by atoms with Gasteiger partial charge >= 0.3 is 0 Å². The SMILES string of the molecule is C=C(C)CC(NN)c1c(F)cc(Br)cc1F. The molecule has 0 aliphatic rings. The van der Waals surface area contributed by atoms with Gasteiger partial charge in [0.25, 0.3) is 0 Å². The molecule has 0 spiro atoms. The minimum absolute atomic E-state index is 0.0614. The predicted octanol–water partition coefficient (Wildman–Crippen LogP) is 3.20. The van der Waals surface area contributed by atoms with Crippen LogP contribution in [-0.4, -0.2) is 0 Å². The minimum atomic E-state index is -0.629. The molecule has 16 heavy (non-hydrogen) atoms. The maximum Gasteiger partial charge on any atom is 0.132 e. The summed E-state index contributed by atoms with van der Waals surface area (Å²) in [5, 5.41) is 0. The van der Waals surface area contributed by atoms with E-state index in [4.69, 9.17) is 5.84 Å². The van der Waals surface area contributed by atoms with Gasteiger partial charge in [-0.25, -0.2) is 8.78 Å². The van der Waals surface area contributed by atoms with Gasteiger partial charge in [-0.3, -0.25) is 11.3 Å². The second kappa shape index (κ2) is 5.52. The van der Waals surface area contributed by atoms with Crippen LogP contribution >= 0.6 is 15.9 Å². The molecule has 3 N–H and O–H groups in total. The van der Waals surface area contributed by atoms with Crippen molar-refractivity contribution < 1.29 is 8.78 Å². The number of hydrogen-bond donors (Lipinski definition) is 2. The Kier molecular flexibility index (Phi) is 4.58. The molecule has 0 aliphatic carbocycles. The number of benzene rings is 1. The first kappa shape index (κ1) is 13.3. The summed E-state index contributed by atoms with van der Waals surface area (Å²) >= 11 is 3.02. The quantitative estimate of drug-likeness (QED) is 0.508. The summed E-state index contributed by atoms with van der Waals surface area (Å²) in [5.41, 5.74) is 3.13. The molecule has 1 atom stereocenters. The molecule has 0 heterocycles. The lowest BCUT2D eigenvalue weighted by Gasteiger charge is -2.18. The molecule has 2 nitrogen and oxygen atoms in total. The first-order chi connectivity index (χ1) is 7.45. The lowest BCUT2D eigenvalue weighted by Crippen LogP contribution is -2.29. The molecule has 5 heteroatoms. The molecule has 0 fully saturated rings. The van der Waals surface area contributed by atoms with Gasteiger partial charge in [0.1, 0.15) is 11.6 Å². The van der Waals surface area contributed by atoms with Crippen molar-refractivity contribution in [1.29, 1.82) is 0 Å². The Morgan fingerprint density at radius 3 is 2.38 bits per heavy atom. The van der Waals surface area contributed by atoms with Crippen LogP contribution in [0.3, 0.4) is 0 Å². The summed E-state index contributed by atoms with van der Waals surface area (Å²) in [6.45, 7) is 5.47. The van der Waals surface area contributed by atoms with Crippen molar-refractivity contribution in [2.45, 2.75) is 19.4 Å². The molecule has 88 valence electrons. The van der Waals surface area contributed by atoms with Gasteiger partial charge in [-0.15, -0.1) is 6.58 Å². The van der Waals surface area contributed by atoms with Crippen LogP contribution in [0.25, 0.3) is 0 Å². The summed E-state index contributed by atoms with van der Waals surface area (Å²) < 4.78 is 27.6. The highest BCUT2D eigenvalue weighted by Crippen LogP contribution is 2.27. The van der Waals surface area contributed by atoms with Crippen molar-refractivity contribution in [3.05, 3.63) is 46.0 Å². The fraction of sp³-hybridized carbons (Fsp3) is 0.273. The molecule has 0 amide bonds. The van der Waals surface area contributed by atoms with Gasteiger partial charge in [0.15, 0.2) is 0 Å². The maximum absolute atomic E-state index is 13.6. The van der Waals surface area contributed by atoms with Crippen LogP contribution in [0.2, 0.25) is 0 Å². The van der Waals surface area contributed by atoms with Crippen LogP contribution in [0.5, 0.6) is 0 Å². The molecular weight excluding hydrogens is 278 g/mol. The monoisotopic (exact) mass is 290 g/mol. The Morgan fingerprint density at radius 1 is 1.50 bits per heavy atom. The number of hydrogen-bond acceptors (Lipinski definition) is 2. The Bertz CT molecular complexity index is 384. The standard InChI is InChI=1S/C11H13BrF2N2/c1-6(2)3-10(16-15)11-8(13)4-7(12)5-9(11)14/h4-5,10,16H,1,3,15H2,2H3. The zero-order chi connectivity index (χ0) is 12.3. The number of hydrazine groups is 1. The van der Waals surface area contributed by atoms with Crippen LogP contribution in [0.1, 0.15) is 24.9 Å². The van der Waals surface area contributed by atoms with E-state index in [1.807, 2.05) is 0 Å². The summed E-state index contributed by atoms with van der Waals surface area (Å²) in [5.74, 6) is 4.04. The van der Waals surface area contributed by atoms with Crippen molar-refractivity contribution in [2.75, 3.05) is 0 Å². The largest absolute Gasteiger partial charge is 0.271 e. The van der Waals surface area contributed by atoms with E-state index in [0.717, 1.165) is 5.57 Å². The summed E-state index contributed by atoms with van der Waals surface area (Å²) in [7, 11) is 0. The summed E-state index contributed by atoms with van der Waals surface area (Å²) in [6, 6.07) is 1.81. The van der Waals surface area contributed by atoms with Gasteiger partial charge in [0.05, 0.1) is 6.04 Å². The third-order valence-corrected chi connectivity index (χ3v) is 2.60. The van der Waals surface area contributed by atoms with Crippen LogP contribution in [-0.2, 0) is 0 Å². The molecule has 0 saturated carbocycles. The van der Waals surface area contributed by atoms with E-state index >= 15 is 0 Å². The average molecular weight is 291 g/mol. The minimum Gasteiger partial charge on any atom is -0.271 e.